The van der Waals surface area contributed by atoms with E-state index in [2.05, 4.69) is 32.4 Å². The molecule has 6 nitrogen and oxygen atoms in total. The molecule has 0 fully saturated rings. The highest BCUT2D eigenvalue weighted by Gasteiger charge is 2.20. The van der Waals surface area contributed by atoms with Gasteiger partial charge in [0.05, 0.1) is 23.5 Å². The first kappa shape index (κ1) is 18.8. The van der Waals surface area contributed by atoms with E-state index in [1.807, 2.05) is 57.4 Å². The van der Waals surface area contributed by atoms with Crippen molar-refractivity contribution in [2.24, 2.45) is 0 Å². The topological polar surface area (TPSA) is 63.1 Å². The van der Waals surface area contributed by atoms with Crippen molar-refractivity contribution in [1.82, 2.24) is 25.0 Å². The molecule has 1 N–H and O–H groups in total. The highest BCUT2D eigenvalue weighted by atomic mass is 16.1. The fourth-order valence-electron chi connectivity index (χ4n) is 3.14. The van der Waals surface area contributed by atoms with Crippen molar-refractivity contribution < 1.29 is 4.79 Å². The SMILES string of the molecule is CCc1c(C(=O)NCC(c2ccccc2)N(C)C)cnn1-c1ccccn1. The van der Waals surface area contributed by atoms with Crippen molar-refractivity contribution in [3.05, 3.63) is 77.7 Å². The zero-order valence-electron chi connectivity index (χ0n) is 16.0. The molecule has 6 heteroatoms. The Kier molecular flexibility index (Phi) is 5.98. The molecule has 0 spiro atoms. The average molecular weight is 363 g/mol. The van der Waals surface area contributed by atoms with E-state index >= 15 is 0 Å². The molecule has 1 amide bonds. The lowest BCUT2D eigenvalue weighted by Crippen LogP contribution is -2.34. The summed E-state index contributed by atoms with van der Waals surface area (Å²) in [5.41, 5.74) is 2.61. The van der Waals surface area contributed by atoms with Gasteiger partial charge in [-0.05, 0) is 38.2 Å². The number of aromatic nitrogens is 3. The molecule has 1 atom stereocenters. The predicted molar refractivity (Wildman–Crippen MR) is 106 cm³/mol. The molecule has 140 valence electrons. The van der Waals surface area contributed by atoms with Crippen LogP contribution in [0, 0.1) is 0 Å². The van der Waals surface area contributed by atoms with Crippen LogP contribution in [0.15, 0.2) is 60.9 Å². The Morgan fingerprint density at radius 3 is 2.52 bits per heavy atom. The molecule has 0 bridgehead atoms. The molecule has 3 rings (SSSR count). The molecule has 3 aromatic rings. The number of rotatable bonds is 7. The number of nitrogens with zero attached hydrogens (tertiary/aromatic N) is 4. The number of benzene rings is 1. The summed E-state index contributed by atoms with van der Waals surface area (Å²) < 4.78 is 1.73. The Morgan fingerprint density at radius 1 is 1.15 bits per heavy atom. The van der Waals surface area contributed by atoms with Gasteiger partial charge in [0.1, 0.15) is 0 Å². The smallest absolute Gasteiger partial charge is 0.254 e. The van der Waals surface area contributed by atoms with Gasteiger partial charge in [0.25, 0.3) is 5.91 Å². The van der Waals surface area contributed by atoms with Crippen LogP contribution >= 0.6 is 0 Å². The lowest BCUT2D eigenvalue weighted by molar-refractivity contribution is 0.0941. The second-order valence-electron chi connectivity index (χ2n) is 6.56. The summed E-state index contributed by atoms with van der Waals surface area (Å²) >= 11 is 0. The van der Waals surface area contributed by atoms with E-state index in [-0.39, 0.29) is 11.9 Å². The summed E-state index contributed by atoms with van der Waals surface area (Å²) in [5, 5.41) is 7.45. The van der Waals surface area contributed by atoms with Crippen LogP contribution in [0.5, 0.6) is 0 Å². The Balaban J connectivity index is 1.77. The van der Waals surface area contributed by atoms with Crippen molar-refractivity contribution in [3.63, 3.8) is 0 Å². The predicted octanol–water partition coefficient (Wildman–Crippen LogP) is 2.86. The van der Waals surface area contributed by atoms with E-state index in [4.69, 9.17) is 0 Å². The third kappa shape index (κ3) is 4.23. The third-order valence-electron chi connectivity index (χ3n) is 4.58. The molecular formula is C21H25N5O. The van der Waals surface area contributed by atoms with Crippen molar-refractivity contribution in [2.75, 3.05) is 20.6 Å². The van der Waals surface area contributed by atoms with Crippen LogP contribution in [-0.4, -0.2) is 46.2 Å². The van der Waals surface area contributed by atoms with E-state index in [0.717, 1.165) is 5.69 Å². The van der Waals surface area contributed by atoms with Crippen LogP contribution in [0.25, 0.3) is 5.82 Å². The first-order chi connectivity index (χ1) is 13.1. The molecule has 0 aliphatic rings. The monoisotopic (exact) mass is 363 g/mol. The largest absolute Gasteiger partial charge is 0.350 e. The minimum atomic E-state index is -0.114. The normalized spacial score (nSPS) is 12.1. The summed E-state index contributed by atoms with van der Waals surface area (Å²) in [5.74, 6) is 0.598. The molecule has 2 heterocycles. The zero-order chi connectivity index (χ0) is 19.2. The van der Waals surface area contributed by atoms with Crippen LogP contribution in [0.3, 0.4) is 0 Å². The quantitative estimate of drug-likeness (QED) is 0.701. The number of carbonyl (C=O) groups is 1. The zero-order valence-corrected chi connectivity index (χ0v) is 16.0. The highest BCUT2D eigenvalue weighted by Crippen LogP contribution is 2.18. The van der Waals surface area contributed by atoms with Crippen molar-refractivity contribution in [1.29, 1.82) is 0 Å². The molecule has 0 radical (unpaired) electrons. The van der Waals surface area contributed by atoms with E-state index in [9.17, 15) is 4.79 Å². The van der Waals surface area contributed by atoms with Crippen LogP contribution < -0.4 is 5.32 Å². The van der Waals surface area contributed by atoms with Gasteiger partial charge in [-0.15, -0.1) is 0 Å². The third-order valence-corrected chi connectivity index (χ3v) is 4.58. The lowest BCUT2D eigenvalue weighted by Gasteiger charge is -2.25. The Hall–Kier alpha value is -2.99. The minimum Gasteiger partial charge on any atom is -0.350 e. The number of likely N-dealkylation sites (N-methyl/N-ethyl adjacent to an activating group) is 1. The first-order valence-corrected chi connectivity index (χ1v) is 9.09. The van der Waals surface area contributed by atoms with Crippen molar-refractivity contribution in [3.8, 4) is 5.82 Å². The van der Waals surface area contributed by atoms with Crippen molar-refractivity contribution in [2.45, 2.75) is 19.4 Å². The van der Waals surface area contributed by atoms with Crippen LogP contribution in [0.1, 0.15) is 34.6 Å². The molecule has 2 aromatic heterocycles. The summed E-state index contributed by atoms with van der Waals surface area (Å²) in [4.78, 5) is 19.3. The van der Waals surface area contributed by atoms with Gasteiger partial charge in [-0.1, -0.05) is 43.3 Å². The number of pyridine rings is 1. The molecule has 0 saturated heterocycles. The molecule has 0 aliphatic heterocycles. The summed E-state index contributed by atoms with van der Waals surface area (Å²) in [6, 6.07) is 15.9. The molecule has 1 aromatic carbocycles. The summed E-state index contributed by atoms with van der Waals surface area (Å²) in [6.45, 7) is 2.54. The van der Waals surface area contributed by atoms with Crippen LogP contribution in [-0.2, 0) is 6.42 Å². The Morgan fingerprint density at radius 2 is 1.89 bits per heavy atom. The number of amides is 1. The van der Waals surface area contributed by atoms with E-state index in [0.29, 0.717) is 24.3 Å². The van der Waals surface area contributed by atoms with E-state index in [1.165, 1.54) is 5.56 Å². The highest BCUT2D eigenvalue weighted by molar-refractivity contribution is 5.95. The van der Waals surface area contributed by atoms with Gasteiger partial charge >= 0.3 is 0 Å². The maximum absolute atomic E-state index is 12.8. The van der Waals surface area contributed by atoms with E-state index in [1.54, 1.807) is 17.1 Å². The van der Waals surface area contributed by atoms with Gasteiger partial charge in [-0.25, -0.2) is 9.67 Å². The maximum atomic E-state index is 12.8. The standard InChI is InChI=1S/C21H25N5O/c1-4-18-17(14-24-26(18)20-12-8-9-13-22-20)21(27)23-15-19(25(2)3)16-10-6-5-7-11-16/h5-14,19H,4,15H2,1-3H3,(H,23,27). The molecule has 27 heavy (non-hydrogen) atoms. The Labute approximate surface area is 159 Å². The van der Waals surface area contributed by atoms with Crippen LogP contribution in [0.2, 0.25) is 0 Å². The molecule has 1 unspecified atom stereocenters. The van der Waals surface area contributed by atoms with Crippen molar-refractivity contribution >= 4 is 5.91 Å². The average Bonchev–Trinajstić information content (AvgIpc) is 3.13. The minimum absolute atomic E-state index is 0.103. The van der Waals surface area contributed by atoms with Gasteiger partial charge < -0.3 is 10.2 Å². The van der Waals surface area contributed by atoms with Crippen LogP contribution in [0.4, 0.5) is 0 Å². The summed E-state index contributed by atoms with van der Waals surface area (Å²) in [6.07, 6.45) is 4.03. The molecule has 0 saturated carbocycles. The van der Waals surface area contributed by atoms with Gasteiger partial charge in [0, 0.05) is 12.7 Å². The fourth-order valence-corrected chi connectivity index (χ4v) is 3.14. The number of hydrogen-bond donors (Lipinski definition) is 1. The molecule has 0 aliphatic carbocycles. The summed E-state index contributed by atoms with van der Waals surface area (Å²) in [7, 11) is 4.03. The van der Waals surface area contributed by atoms with Gasteiger partial charge in [0.15, 0.2) is 5.82 Å². The number of nitrogens with one attached hydrogen (secondary N) is 1. The number of hydrogen-bond acceptors (Lipinski definition) is 4. The Bertz CT molecular complexity index is 874. The lowest BCUT2D eigenvalue weighted by atomic mass is 10.1. The van der Waals surface area contributed by atoms with Gasteiger partial charge in [0.2, 0.25) is 0 Å². The second kappa shape index (κ2) is 8.60. The van der Waals surface area contributed by atoms with Gasteiger partial charge in [-0.3, -0.25) is 4.79 Å². The second-order valence-corrected chi connectivity index (χ2v) is 6.56. The first-order valence-electron chi connectivity index (χ1n) is 9.09. The fraction of sp³-hybridized carbons (Fsp3) is 0.286. The van der Waals surface area contributed by atoms with Gasteiger partial charge in [-0.2, -0.15) is 5.10 Å². The number of carbonyl (C=O) groups excluding carboxylic acids is 1. The maximum Gasteiger partial charge on any atom is 0.254 e. The molecular weight excluding hydrogens is 338 g/mol. The van der Waals surface area contributed by atoms with E-state index < -0.39 is 0 Å².